The molecule has 1 rings (SSSR count). The first kappa shape index (κ1) is 16.2. The van der Waals surface area contributed by atoms with E-state index in [4.69, 9.17) is 0 Å². The molecule has 1 aliphatic rings. The van der Waals surface area contributed by atoms with Gasteiger partial charge >= 0.3 is 0 Å². The van der Waals surface area contributed by atoms with Crippen molar-refractivity contribution in [3.8, 4) is 0 Å². The van der Waals surface area contributed by atoms with Gasteiger partial charge in [0.25, 0.3) is 0 Å². The van der Waals surface area contributed by atoms with Crippen LogP contribution < -0.4 is 0 Å². The van der Waals surface area contributed by atoms with Crippen LogP contribution in [0.25, 0.3) is 0 Å². The molecule has 0 nitrogen and oxygen atoms in total. The lowest BCUT2D eigenvalue weighted by molar-refractivity contribution is 0.803. The third-order valence-electron chi connectivity index (χ3n) is 3.79. The third-order valence-corrected chi connectivity index (χ3v) is 3.79. The second kappa shape index (κ2) is 7.69. The highest BCUT2D eigenvalue weighted by atomic mass is 14.1. The summed E-state index contributed by atoms with van der Waals surface area (Å²) in [7, 11) is 0. The normalized spacial score (nSPS) is 17.4. The predicted molar refractivity (Wildman–Crippen MR) is 91.6 cm³/mol. The van der Waals surface area contributed by atoms with Crippen LogP contribution in [0.4, 0.5) is 0 Å². The molecule has 1 atom stereocenters. The average molecular weight is 266 g/mol. The molecule has 0 heteroatoms. The van der Waals surface area contributed by atoms with Gasteiger partial charge in [0.1, 0.15) is 0 Å². The fourth-order valence-electron chi connectivity index (χ4n) is 2.13. The molecule has 1 aliphatic carbocycles. The Balaban J connectivity index is 3.04. The van der Waals surface area contributed by atoms with Gasteiger partial charge in [-0.2, -0.15) is 0 Å². The molecule has 0 aliphatic heterocycles. The van der Waals surface area contributed by atoms with Crippen molar-refractivity contribution >= 4 is 0 Å². The minimum atomic E-state index is 0.381. The lowest BCUT2D eigenvalue weighted by Gasteiger charge is -2.16. The molecular weight excluding hydrogens is 240 g/mol. The smallest absolute Gasteiger partial charge is 0.00263 e. The Hall–Kier alpha value is -1.82. The SMILES string of the molecule is C=C/C=C(\C=C(/C)C(C)C(=C)C)C(=C)C1=CCCC=C1. The molecule has 0 saturated heterocycles. The first-order valence-corrected chi connectivity index (χ1v) is 7.20. The van der Waals surface area contributed by atoms with Crippen molar-refractivity contribution in [2.24, 2.45) is 5.92 Å². The zero-order valence-electron chi connectivity index (χ0n) is 13.1. The Morgan fingerprint density at radius 3 is 2.45 bits per heavy atom. The molecule has 106 valence electrons. The topological polar surface area (TPSA) is 0 Å². The van der Waals surface area contributed by atoms with Crippen LogP contribution in [0.15, 0.2) is 84.1 Å². The lowest BCUT2D eigenvalue weighted by Crippen LogP contribution is -1.99. The van der Waals surface area contributed by atoms with Crippen LogP contribution in [0.2, 0.25) is 0 Å². The highest BCUT2D eigenvalue weighted by Crippen LogP contribution is 2.27. The summed E-state index contributed by atoms with van der Waals surface area (Å²) in [5, 5.41) is 0. The number of allylic oxidation sites excluding steroid dienone is 11. The molecule has 0 heterocycles. The molecule has 0 amide bonds. The van der Waals surface area contributed by atoms with E-state index in [1.54, 1.807) is 0 Å². The summed E-state index contributed by atoms with van der Waals surface area (Å²) in [5.41, 5.74) is 5.89. The molecule has 0 radical (unpaired) electrons. The molecule has 0 aromatic carbocycles. The van der Waals surface area contributed by atoms with Crippen LogP contribution in [0, 0.1) is 5.92 Å². The molecule has 0 bridgehead atoms. The zero-order valence-corrected chi connectivity index (χ0v) is 13.1. The third kappa shape index (κ3) is 4.38. The minimum absolute atomic E-state index is 0.381. The molecule has 1 unspecified atom stereocenters. The van der Waals surface area contributed by atoms with Crippen molar-refractivity contribution in [1.29, 1.82) is 0 Å². The van der Waals surface area contributed by atoms with Crippen LogP contribution in [0.5, 0.6) is 0 Å². The Morgan fingerprint density at radius 1 is 1.25 bits per heavy atom. The maximum atomic E-state index is 4.25. The summed E-state index contributed by atoms with van der Waals surface area (Å²) in [6.45, 7) is 18.5. The molecule has 0 aromatic rings. The molecular formula is C20H26. The van der Waals surface area contributed by atoms with Gasteiger partial charge in [-0.3, -0.25) is 0 Å². The van der Waals surface area contributed by atoms with Gasteiger partial charge in [-0.1, -0.05) is 74.3 Å². The van der Waals surface area contributed by atoms with Crippen molar-refractivity contribution in [3.63, 3.8) is 0 Å². The highest BCUT2D eigenvalue weighted by molar-refractivity contribution is 5.56. The predicted octanol–water partition coefficient (Wildman–Crippen LogP) is 6.09. The molecule has 0 aromatic heterocycles. The van der Waals surface area contributed by atoms with Gasteiger partial charge in [0.15, 0.2) is 0 Å². The fourth-order valence-corrected chi connectivity index (χ4v) is 2.13. The van der Waals surface area contributed by atoms with Gasteiger partial charge in [-0.05, 0) is 49.3 Å². The van der Waals surface area contributed by atoms with E-state index >= 15 is 0 Å². The Labute approximate surface area is 124 Å². The number of rotatable bonds is 6. The van der Waals surface area contributed by atoms with E-state index in [-0.39, 0.29) is 0 Å². The maximum absolute atomic E-state index is 4.25. The monoisotopic (exact) mass is 266 g/mol. The molecule has 0 fully saturated rings. The van der Waals surface area contributed by atoms with E-state index in [1.807, 2.05) is 12.2 Å². The quantitative estimate of drug-likeness (QED) is 0.403. The number of hydrogen-bond donors (Lipinski definition) is 0. The van der Waals surface area contributed by atoms with Gasteiger partial charge in [-0.25, -0.2) is 0 Å². The van der Waals surface area contributed by atoms with Crippen LogP contribution in [-0.2, 0) is 0 Å². The standard InChI is InChI=1S/C20H26/c1-7-11-20(14-16(4)17(5)15(2)3)18(6)19-12-9-8-10-13-19/h7,9,11-14,17H,1-2,6,8,10H2,3-5H3/b16-14+,20-11+. The van der Waals surface area contributed by atoms with Crippen molar-refractivity contribution < 1.29 is 0 Å². The lowest BCUT2D eigenvalue weighted by atomic mass is 9.90. The van der Waals surface area contributed by atoms with Gasteiger partial charge in [0, 0.05) is 0 Å². The highest BCUT2D eigenvalue weighted by Gasteiger charge is 2.09. The Kier molecular flexibility index (Phi) is 6.24. The molecule has 20 heavy (non-hydrogen) atoms. The summed E-state index contributed by atoms with van der Waals surface area (Å²) in [6, 6.07) is 0. The first-order valence-electron chi connectivity index (χ1n) is 7.20. The van der Waals surface area contributed by atoms with E-state index < -0.39 is 0 Å². The zero-order chi connectivity index (χ0) is 15.1. The van der Waals surface area contributed by atoms with Crippen LogP contribution in [-0.4, -0.2) is 0 Å². The van der Waals surface area contributed by atoms with E-state index in [9.17, 15) is 0 Å². The van der Waals surface area contributed by atoms with Crippen molar-refractivity contribution in [1.82, 2.24) is 0 Å². The molecule has 0 saturated carbocycles. The summed E-state index contributed by atoms with van der Waals surface area (Å²) >= 11 is 0. The van der Waals surface area contributed by atoms with Crippen LogP contribution in [0.3, 0.4) is 0 Å². The average Bonchev–Trinajstić information content (AvgIpc) is 2.45. The Morgan fingerprint density at radius 2 is 1.95 bits per heavy atom. The van der Waals surface area contributed by atoms with Crippen molar-refractivity contribution in [3.05, 3.63) is 84.1 Å². The van der Waals surface area contributed by atoms with E-state index in [1.165, 1.54) is 16.7 Å². The summed E-state index contributed by atoms with van der Waals surface area (Å²) in [6.07, 6.45) is 14.9. The summed E-state index contributed by atoms with van der Waals surface area (Å²) in [5.74, 6) is 0.381. The second-order valence-corrected chi connectivity index (χ2v) is 5.43. The van der Waals surface area contributed by atoms with Gasteiger partial charge < -0.3 is 0 Å². The van der Waals surface area contributed by atoms with Crippen molar-refractivity contribution in [2.45, 2.75) is 33.6 Å². The van der Waals surface area contributed by atoms with E-state index in [2.05, 4.69) is 64.8 Å². The maximum Gasteiger partial charge on any atom is -0.00263 e. The summed E-state index contributed by atoms with van der Waals surface area (Å²) < 4.78 is 0. The Bertz CT molecular complexity index is 518. The van der Waals surface area contributed by atoms with Crippen molar-refractivity contribution in [2.75, 3.05) is 0 Å². The fraction of sp³-hybridized carbons (Fsp3) is 0.300. The van der Waals surface area contributed by atoms with Crippen LogP contribution >= 0.6 is 0 Å². The summed E-state index contributed by atoms with van der Waals surface area (Å²) in [4.78, 5) is 0. The minimum Gasteiger partial charge on any atom is -0.0995 e. The van der Waals surface area contributed by atoms with E-state index in [0.29, 0.717) is 5.92 Å². The first-order chi connectivity index (χ1) is 9.47. The molecule has 0 N–H and O–H groups in total. The van der Waals surface area contributed by atoms with Gasteiger partial charge in [0.05, 0.1) is 0 Å². The van der Waals surface area contributed by atoms with Gasteiger partial charge in [0.2, 0.25) is 0 Å². The number of hydrogen-bond acceptors (Lipinski definition) is 0. The van der Waals surface area contributed by atoms with E-state index in [0.717, 1.165) is 24.0 Å². The largest absolute Gasteiger partial charge is 0.0995 e. The van der Waals surface area contributed by atoms with Crippen LogP contribution in [0.1, 0.15) is 33.6 Å². The second-order valence-electron chi connectivity index (χ2n) is 5.43. The molecule has 0 spiro atoms. The van der Waals surface area contributed by atoms with Gasteiger partial charge in [-0.15, -0.1) is 0 Å².